The van der Waals surface area contributed by atoms with Gasteiger partial charge in [-0.15, -0.1) is 0 Å². The molecule has 148 valence electrons. The van der Waals surface area contributed by atoms with E-state index in [1.807, 2.05) is 0 Å². The van der Waals surface area contributed by atoms with Gasteiger partial charge in [0.05, 0.1) is 21.3 Å². The number of rotatable bonds is 7. The van der Waals surface area contributed by atoms with Crippen LogP contribution in [0.2, 0.25) is 0 Å². The number of carbonyl (C=O) groups is 3. The fourth-order valence-corrected chi connectivity index (χ4v) is 2.18. The van der Waals surface area contributed by atoms with Crippen molar-refractivity contribution in [2.45, 2.75) is 0 Å². The molecule has 2 aromatic rings. The summed E-state index contributed by atoms with van der Waals surface area (Å²) in [6, 6.07) is 10.3. The number of nitrogens with one attached hydrogen (secondary N) is 2. The molecule has 0 radical (unpaired) electrons. The van der Waals surface area contributed by atoms with E-state index in [1.54, 1.807) is 30.3 Å². The van der Waals surface area contributed by atoms with Gasteiger partial charge in [-0.05, 0) is 42.5 Å². The van der Waals surface area contributed by atoms with Crippen LogP contribution in [-0.4, -0.2) is 45.8 Å². The van der Waals surface area contributed by atoms with Gasteiger partial charge in [0.15, 0.2) is 6.61 Å². The molecule has 2 aromatic carbocycles. The molecule has 0 aromatic heterocycles. The second kappa shape index (κ2) is 9.81. The van der Waals surface area contributed by atoms with Gasteiger partial charge in [0.2, 0.25) is 0 Å². The third-order valence-corrected chi connectivity index (χ3v) is 3.56. The number of amides is 3. The number of anilines is 1. The highest BCUT2D eigenvalue weighted by Crippen LogP contribution is 2.24. The van der Waals surface area contributed by atoms with Crippen molar-refractivity contribution in [1.82, 2.24) is 5.32 Å². The lowest BCUT2D eigenvalue weighted by atomic mass is 10.2. The molecule has 9 heteroatoms. The Morgan fingerprint density at radius 2 is 1.50 bits per heavy atom. The lowest BCUT2D eigenvalue weighted by Gasteiger charge is -2.11. The quantitative estimate of drug-likeness (QED) is 0.700. The van der Waals surface area contributed by atoms with Gasteiger partial charge in [-0.1, -0.05) is 0 Å². The normalized spacial score (nSPS) is 9.82. The third-order valence-electron chi connectivity index (χ3n) is 3.56. The molecular formula is C19H20N2O7. The highest BCUT2D eigenvalue weighted by Gasteiger charge is 2.17. The molecule has 9 nitrogen and oxygen atoms in total. The second-order valence-corrected chi connectivity index (χ2v) is 5.37. The van der Waals surface area contributed by atoms with E-state index in [-0.39, 0.29) is 11.3 Å². The number of hydrogen-bond donors (Lipinski definition) is 2. The van der Waals surface area contributed by atoms with Crippen LogP contribution in [0.3, 0.4) is 0 Å². The van der Waals surface area contributed by atoms with Crippen LogP contribution in [0.4, 0.5) is 10.5 Å². The SMILES string of the molecule is COc1ccc(NC(=O)NC(=O)COC(=O)c2cc(OC)ccc2OC)cc1. The predicted molar refractivity (Wildman–Crippen MR) is 100.0 cm³/mol. The largest absolute Gasteiger partial charge is 0.497 e. The zero-order valence-corrected chi connectivity index (χ0v) is 15.6. The van der Waals surface area contributed by atoms with Crippen molar-refractivity contribution in [2.24, 2.45) is 0 Å². The zero-order chi connectivity index (χ0) is 20.5. The molecule has 0 unspecified atom stereocenters. The molecule has 0 aliphatic heterocycles. The maximum absolute atomic E-state index is 12.2. The summed E-state index contributed by atoms with van der Waals surface area (Å²) in [5, 5.41) is 4.53. The van der Waals surface area contributed by atoms with Crippen LogP contribution in [0.15, 0.2) is 42.5 Å². The summed E-state index contributed by atoms with van der Waals surface area (Å²) in [6.45, 7) is -0.644. The average Bonchev–Trinajstić information content (AvgIpc) is 2.71. The Morgan fingerprint density at radius 3 is 2.11 bits per heavy atom. The van der Waals surface area contributed by atoms with Crippen LogP contribution < -0.4 is 24.8 Å². The van der Waals surface area contributed by atoms with E-state index in [0.717, 1.165) is 0 Å². The zero-order valence-electron chi connectivity index (χ0n) is 15.6. The summed E-state index contributed by atoms with van der Waals surface area (Å²) in [5.74, 6) is -0.260. The van der Waals surface area contributed by atoms with Crippen LogP contribution in [0.25, 0.3) is 0 Å². The molecule has 0 aliphatic rings. The van der Waals surface area contributed by atoms with Crippen molar-refractivity contribution in [3.63, 3.8) is 0 Å². The fourth-order valence-electron chi connectivity index (χ4n) is 2.18. The number of imide groups is 1. The fraction of sp³-hybridized carbons (Fsp3) is 0.211. The Hall–Kier alpha value is -3.75. The van der Waals surface area contributed by atoms with Gasteiger partial charge in [-0.25, -0.2) is 9.59 Å². The van der Waals surface area contributed by atoms with E-state index in [1.165, 1.54) is 33.5 Å². The van der Waals surface area contributed by atoms with E-state index >= 15 is 0 Å². The van der Waals surface area contributed by atoms with Gasteiger partial charge in [0.25, 0.3) is 5.91 Å². The Bertz CT molecular complexity index is 850. The van der Waals surface area contributed by atoms with Crippen molar-refractivity contribution >= 4 is 23.6 Å². The minimum Gasteiger partial charge on any atom is -0.497 e. The Morgan fingerprint density at radius 1 is 0.857 bits per heavy atom. The van der Waals surface area contributed by atoms with Crippen LogP contribution in [0, 0.1) is 0 Å². The van der Waals surface area contributed by atoms with E-state index in [2.05, 4.69) is 10.6 Å². The van der Waals surface area contributed by atoms with Gasteiger partial charge in [-0.3, -0.25) is 10.1 Å². The summed E-state index contributed by atoms with van der Waals surface area (Å²) >= 11 is 0. The number of methoxy groups -OCH3 is 3. The Balaban J connectivity index is 1.87. The first kappa shape index (κ1) is 20.6. The van der Waals surface area contributed by atoms with Crippen molar-refractivity contribution in [1.29, 1.82) is 0 Å². The highest BCUT2D eigenvalue weighted by atomic mass is 16.5. The number of urea groups is 1. The van der Waals surface area contributed by atoms with Crippen molar-refractivity contribution < 1.29 is 33.3 Å². The minimum atomic E-state index is -0.791. The van der Waals surface area contributed by atoms with Crippen molar-refractivity contribution in [2.75, 3.05) is 33.3 Å². The van der Waals surface area contributed by atoms with Crippen molar-refractivity contribution in [3.05, 3.63) is 48.0 Å². The monoisotopic (exact) mass is 388 g/mol. The molecule has 2 rings (SSSR count). The summed E-state index contributed by atoms with van der Waals surface area (Å²) in [4.78, 5) is 35.8. The molecule has 0 heterocycles. The molecule has 0 spiro atoms. The van der Waals surface area contributed by atoms with E-state index in [9.17, 15) is 14.4 Å². The van der Waals surface area contributed by atoms with Crippen molar-refractivity contribution in [3.8, 4) is 17.2 Å². The van der Waals surface area contributed by atoms with Crippen LogP contribution in [-0.2, 0) is 9.53 Å². The lowest BCUT2D eigenvalue weighted by Crippen LogP contribution is -2.37. The van der Waals surface area contributed by atoms with E-state index < -0.39 is 24.5 Å². The number of esters is 1. The summed E-state index contributed by atoms with van der Waals surface area (Å²) in [7, 11) is 4.37. The topological polar surface area (TPSA) is 112 Å². The standard InChI is InChI=1S/C19H20N2O7/c1-25-13-6-4-12(5-7-13)20-19(24)21-17(22)11-28-18(23)15-10-14(26-2)8-9-16(15)27-3/h4-10H,11H2,1-3H3,(H2,20,21,22,24). The van der Waals surface area contributed by atoms with Crippen LogP contribution in [0.5, 0.6) is 17.2 Å². The molecular weight excluding hydrogens is 368 g/mol. The predicted octanol–water partition coefficient (Wildman–Crippen LogP) is 2.22. The molecule has 0 saturated heterocycles. The van der Waals surface area contributed by atoms with Gasteiger partial charge < -0.3 is 24.3 Å². The van der Waals surface area contributed by atoms with Gasteiger partial charge >= 0.3 is 12.0 Å². The number of ether oxygens (including phenoxy) is 4. The molecule has 2 N–H and O–H groups in total. The number of carbonyl (C=O) groups excluding carboxylic acids is 3. The summed E-state index contributed by atoms with van der Waals surface area (Å²) in [5.41, 5.74) is 0.557. The van der Waals surface area contributed by atoms with E-state index in [0.29, 0.717) is 17.2 Å². The van der Waals surface area contributed by atoms with E-state index in [4.69, 9.17) is 18.9 Å². The lowest BCUT2D eigenvalue weighted by molar-refractivity contribution is -0.123. The van der Waals surface area contributed by atoms with Gasteiger partial charge in [-0.2, -0.15) is 0 Å². The molecule has 3 amide bonds. The summed E-state index contributed by atoms with van der Waals surface area (Å²) < 4.78 is 20.1. The highest BCUT2D eigenvalue weighted by molar-refractivity contribution is 6.02. The average molecular weight is 388 g/mol. The first-order chi connectivity index (χ1) is 13.5. The molecule has 0 bridgehead atoms. The Labute approximate surface area is 161 Å². The van der Waals surface area contributed by atoms with Gasteiger partial charge in [0, 0.05) is 5.69 Å². The number of benzene rings is 2. The number of hydrogen-bond acceptors (Lipinski definition) is 7. The molecule has 0 aliphatic carbocycles. The maximum atomic E-state index is 12.2. The second-order valence-electron chi connectivity index (χ2n) is 5.37. The first-order valence-electron chi connectivity index (χ1n) is 8.11. The molecule has 0 fully saturated rings. The maximum Gasteiger partial charge on any atom is 0.342 e. The summed E-state index contributed by atoms with van der Waals surface area (Å²) in [6.07, 6.45) is 0. The third kappa shape index (κ3) is 5.63. The smallest absolute Gasteiger partial charge is 0.342 e. The van der Waals surface area contributed by atoms with Crippen LogP contribution in [0.1, 0.15) is 10.4 Å². The minimum absolute atomic E-state index is 0.0948. The molecule has 28 heavy (non-hydrogen) atoms. The van der Waals surface area contributed by atoms with Crippen LogP contribution >= 0.6 is 0 Å². The van der Waals surface area contributed by atoms with Gasteiger partial charge in [0.1, 0.15) is 22.8 Å². The molecule has 0 atom stereocenters. The molecule has 0 saturated carbocycles. The first-order valence-corrected chi connectivity index (χ1v) is 8.11. The Kier molecular flexibility index (Phi) is 7.21.